The minimum Gasteiger partial charge on any atom is -0.492 e. The van der Waals surface area contributed by atoms with Gasteiger partial charge in [0.15, 0.2) is 0 Å². The highest BCUT2D eigenvalue weighted by atomic mass is 31.2. The van der Waals surface area contributed by atoms with Crippen molar-refractivity contribution in [3.63, 3.8) is 0 Å². The van der Waals surface area contributed by atoms with E-state index >= 15 is 0 Å². The van der Waals surface area contributed by atoms with Crippen LogP contribution in [0, 0.1) is 0 Å². The third-order valence-electron chi connectivity index (χ3n) is 11.3. The molecular weight excluding hydrogens is 722 g/mol. The standard InChI is InChI=1S/C55H65NOP/c1-56(2)41-42-57-53-39-37-52(38-40-53)55(51-34-22-13-23-35-51)54(50-32-20-12-21-33-50)36-24-7-5-3-4-6-8-25-43-58(44-47-26-14-9-15-27-47,45-48-28-16-10-17-29-48)46-49-30-18-11-19-31-49/h9-23,26-35,37-40H,3-8,24-25,36,41-46H2,1-2H3/q+1/b55-54-. The quantitative estimate of drug-likeness (QED) is 0.0344. The number of nitrogens with zero attached hydrogens (tertiary/aromatic N) is 1. The summed E-state index contributed by atoms with van der Waals surface area (Å²) in [5, 5.41) is 0. The van der Waals surface area contributed by atoms with Crippen LogP contribution in [0.2, 0.25) is 0 Å². The van der Waals surface area contributed by atoms with Crippen LogP contribution in [0.15, 0.2) is 176 Å². The Morgan fingerprint density at radius 1 is 0.431 bits per heavy atom. The number of hydrogen-bond acceptors (Lipinski definition) is 2. The van der Waals surface area contributed by atoms with E-state index in [0.717, 1.165) is 18.7 Å². The number of benzene rings is 6. The number of hydrogen-bond donors (Lipinski definition) is 0. The average Bonchev–Trinajstić information content (AvgIpc) is 3.26. The van der Waals surface area contributed by atoms with Gasteiger partial charge in [-0.1, -0.05) is 196 Å². The molecule has 0 saturated carbocycles. The molecule has 6 aromatic rings. The lowest BCUT2D eigenvalue weighted by atomic mass is 9.86. The molecule has 0 radical (unpaired) electrons. The smallest absolute Gasteiger partial charge is 0.119 e. The van der Waals surface area contributed by atoms with Crippen LogP contribution in [-0.2, 0) is 18.5 Å². The summed E-state index contributed by atoms with van der Waals surface area (Å²) >= 11 is 0. The number of ether oxygens (including phenoxy) is 1. The van der Waals surface area contributed by atoms with Gasteiger partial charge in [-0.05, 0) is 96.4 Å². The summed E-state index contributed by atoms with van der Waals surface area (Å²) < 4.78 is 6.06. The normalized spacial score (nSPS) is 12.1. The molecule has 6 rings (SSSR count). The molecule has 0 amide bonds. The van der Waals surface area contributed by atoms with Crippen LogP contribution in [0.4, 0.5) is 0 Å². The van der Waals surface area contributed by atoms with Crippen molar-refractivity contribution in [1.29, 1.82) is 0 Å². The molecule has 0 N–H and O–H groups in total. The molecule has 0 spiro atoms. The van der Waals surface area contributed by atoms with E-state index in [2.05, 4.69) is 195 Å². The molecule has 0 saturated heterocycles. The second kappa shape index (κ2) is 23.6. The van der Waals surface area contributed by atoms with E-state index in [4.69, 9.17) is 4.74 Å². The second-order valence-corrected chi connectivity index (χ2v) is 20.4. The summed E-state index contributed by atoms with van der Waals surface area (Å²) in [4.78, 5) is 2.15. The molecule has 0 aromatic heterocycles. The van der Waals surface area contributed by atoms with Crippen LogP contribution in [0.1, 0.15) is 91.2 Å². The zero-order valence-corrected chi connectivity index (χ0v) is 36.0. The van der Waals surface area contributed by atoms with E-state index in [-0.39, 0.29) is 0 Å². The van der Waals surface area contributed by atoms with Gasteiger partial charge in [0.05, 0.1) is 24.6 Å². The Kier molecular flexibility index (Phi) is 17.4. The van der Waals surface area contributed by atoms with Gasteiger partial charge in [0, 0.05) is 13.8 Å². The molecule has 58 heavy (non-hydrogen) atoms. The first-order valence-corrected chi connectivity index (χ1v) is 24.3. The monoisotopic (exact) mass is 786 g/mol. The van der Waals surface area contributed by atoms with Gasteiger partial charge in [-0.3, -0.25) is 0 Å². The molecule has 0 aliphatic rings. The van der Waals surface area contributed by atoms with Crippen molar-refractivity contribution in [3.8, 4) is 5.75 Å². The largest absolute Gasteiger partial charge is 0.492 e. The van der Waals surface area contributed by atoms with Gasteiger partial charge in [-0.25, -0.2) is 0 Å². The van der Waals surface area contributed by atoms with Gasteiger partial charge < -0.3 is 9.64 Å². The highest BCUT2D eigenvalue weighted by Gasteiger charge is 2.37. The fraction of sp³-hybridized carbons (Fsp3) is 0.309. The lowest BCUT2D eigenvalue weighted by molar-refractivity contribution is 0.261. The summed E-state index contributed by atoms with van der Waals surface area (Å²) in [6, 6.07) is 64.7. The minimum absolute atomic E-state index is 0.684. The second-order valence-electron chi connectivity index (χ2n) is 16.3. The fourth-order valence-electron chi connectivity index (χ4n) is 8.36. The van der Waals surface area contributed by atoms with Gasteiger partial charge in [0.25, 0.3) is 0 Å². The number of allylic oxidation sites excluding steroid dienone is 1. The van der Waals surface area contributed by atoms with E-state index in [9.17, 15) is 0 Å². The zero-order valence-electron chi connectivity index (χ0n) is 35.2. The maximum absolute atomic E-state index is 6.06. The lowest BCUT2D eigenvalue weighted by Gasteiger charge is -2.29. The Bertz CT molecular complexity index is 1930. The van der Waals surface area contributed by atoms with Crippen LogP contribution < -0.4 is 4.74 Å². The predicted octanol–water partition coefficient (Wildman–Crippen LogP) is 14.7. The highest BCUT2D eigenvalue weighted by Crippen LogP contribution is 2.67. The fourth-order valence-corrected chi connectivity index (χ4v) is 13.0. The maximum Gasteiger partial charge on any atom is 0.119 e. The van der Waals surface area contributed by atoms with Crippen LogP contribution in [0.3, 0.4) is 0 Å². The van der Waals surface area contributed by atoms with Crippen molar-refractivity contribution in [2.75, 3.05) is 33.4 Å². The van der Waals surface area contributed by atoms with E-state index in [1.54, 1.807) is 0 Å². The van der Waals surface area contributed by atoms with Crippen molar-refractivity contribution in [3.05, 3.63) is 209 Å². The lowest BCUT2D eigenvalue weighted by Crippen LogP contribution is -2.19. The van der Waals surface area contributed by atoms with Crippen LogP contribution in [-0.4, -0.2) is 38.3 Å². The minimum atomic E-state index is -1.34. The van der Waals surface area contributed by atoms with Crippen molar-refractivity contribution in [2.24, 2.45) is 0 Å². The molecule has 2 nitrogen and oxygen atoms in total. The third kappa shape index (κ3) is 14.0. The number of rotatable bonds is 24. The first-order valence-electron chi connectivity index (χ1n) is 21.8. The van der Waals surface area contributed by atoms with Gasteiger partial charge in [0.1, 0.15) is 12.4 Å². The summed E-state index contributed by atoms with van der Waals surface area (Å²) in [6.45, 7) is 1.58. The Morgan fingerprint density at radius 3 is 1.29 bits per heavy atom. The molecule has 3 heteroatoms. The molecule has 0 bridgehead atoms. The van der Waals surface area contributed by atoms with Crippen molar-refractivity contribution < 1.29 is 4.74 Å². The van der Waals surface area contributed by atoms with Gasteiger partial charge >= 0.3 is 0 Å². The molecular formula is C55H65NOP+. The molecule has 300 valence electrons. The van der Waals surface area contributed by atoms with Gasteiger partial charge in [-0.15, -0.1) is 0 Å². The Hall–Kier alpha value is -4.75. The molecule has 0 unspecified atom stereocenters. The van der Waals surface area contributed by atoms with Crippen LogP contribution in [0.25, 0.3) is 11.1 Å². The van der Waals surface area contributed by atoms with Crippen molar-refractivity contribution >= 4 is 18.4 Å². The van der Waals surface area contributed by atoms with Crippen LogP contribution >= 0.6 is 7.26 Å². The van der Waals surface area contributed by atoms with Crippen molar-refractivity contribution in [1.82, 2.24) is 4.90 Å². The van der Waals surface area contributed by atoms with Crippen molar-refractivity contribution in [2.45, 2.75) is 76.3 Å². The summed E-state index contributed by atoms with van der Waals surface area (Å²) in [6.07, 6.45) is 16.5. The maximum atomic E-state index is 6.06. The molecule has 6 aromatic carbocycles. The van der Waals surface area contributed by atoms with E-state index in [1.807, 2.05) is 0 Å². The van der Waals surface area contributed by atoms with Gasteiger partial charge in [-0.2, -0.15) is 0 Å². The van der Waals surface area contributed by atoms with E-state index < -0.39 is 7.26 Å². The topological polar surface area (TPSA) is 12.5 Å². The van der Waals surface area contributed by atoms with Gasteiger partial charge in [0.2, 0.25) is 0 Å². The Balaban J connectivity index is 1.05. The number of likely N-dealkylation sites (N-methyl/N-ethyl adjacent to an activating group) is 1. The first kappa shape index (κ1) is 42.8. The van der Waals surface area contributed by atoms with E-state index in [0.29, 0.717) is 6.61 Å². The SMILES string of the molecule is CN(C)CCOc1ccc(/C(=C(/CCCCCCCCCC[P+](Cc2ccccc2)(Cc2ccccc2)Cc2ccccc2)c2ccccc2)c2ccccc2)cc1. The molecule has 0 aliphatic carbocycles. The Morgan fingerprint density at radius 2 is 0.828 bits per heavy atom. The first-order chi connectivity index (χ1) is 28.6. The third-order valence-corrected chi connectivity index (χ3v) is 15.7. The summed E-state index contributed by atoms with van der Waals surface area (Å²) in [5.41, 5.74) is 11.1. The van der Waals surface area contributed by atoms with E-state index in [1.165, 1.54) is 121 Å². The predicted molar refractivity (Wildman–Crippen MR) is 253 cm³/mol. The Labute approximate surface area is 351 Å². The zero-order chi connectivity index (χ0) is 40.1. The average molecular weight is 787 g/mol. The summed E-state index contributed by atoms with van der Waals surface area (Å²) in [7, 11) is 2.81. The molecule has 0 heterocycles. The van der Waals surface area contributed by atoms with Crippen LogP contribution in [0.5, 0.6) is 5.75 Å². The molecule has 0 fully saturated rings. The highest BCUT2D eigenvalue weighted by molar-refractivity contribution is 7.73. The molecule has 0 aliphatic heterocycles. The summed E-state index contributed by atoms with van der Waals surface area (Å²) in [5.74, 6) is 0.923. The molecule has 0 atom stereocenters. The number of unbranched alkanes of at least 4 members (excludes halogenated alkanes) is 7.